The van der Waals surface area contributed by atoms with Gasteiger partial charge in [-0.05, 0) is 50.9 Å². The maximum absolute atomic E-state index is 6.08. The molecule has 1 saturated carbocycles. The van der Waals surface area contributed by atoms with Gasteiger partial charge in [-0.2, -0.15) is 0 Å². The molecule has 2 nitrogen and oxygen atoms in total. The van der Waals surface area contributed by atoms with Crippen LogP contribution in [0.3, 0.4) is 0 Å². The number of ether oxygens (including phenoxy) is 1. The first-order valence-electron chi connectivity index (χ1n) is 7.01. The van der Waals surface area contributed by atoms with E-state index < -0.39 is 0 Å². The summed E-state index contributed by atoms with van der Waals surface area (Å²) >= 11 is 0. The van der Waals surface area contributed by atoms with E-state index in [1.54, 1.807) is 0 Å². The molecule has 0 aromatic heterocycles. The lowest BCUT2D eigenvalue weighted by Gasteiger charge is -2.41. The van der Waals surface area contributed by atoms with Gasteiger partial charge in [0.05, 0.1) is 5.60 Å². The first-order chi connectivity index (χ1) is 7.61. The van der Waals surface area contributed by atoms with Crippen LogP contribution in [0.4, 0.5) is 0 Å². The van der Waals surface area contributed by atoms with Crippen molar-refractivity contribution in [3.63, 3.8) is 0 Å². The van der Waals surface area contributed by atoms with Crippen molar-refractivity contribution in [1.29, 1.82) is 0 Å². The molecule has 94 valence electrons. The Balaban J connectivity index is 1.90. The van der Waals surface area contributed by atoms with E-state index in [-0.39, 0.29) is 5.60 Å². The van der Waals surface area contributed by atoms with Gasteiger partial charge in [0.2, 0.25) is 0 Å². The Morgan fingerprint density at radius 3 is 2.62 bits per heavy atom. The monoisotopic (exact) mass is 225 g/mol. The van der Waals surface area contributed by atoms with Crippen molar-refractivity contribution in [2.45, 2.75) is 70.4 Å². The van der Waals surface area contributed by atoms with Crippen molar-refractivity contribution < 1.29 is 4.74 Å². The molecule has 1 spiro atoms. The molecule has 2 heteroatoms. The standard InChI is InChI=1S/C14H27NO/c1-11(9-12(2)15)13-5-8-16-14(10-13)6-3-4-7-14/h11-13H,3-10,15H2,1-2H3. The van der Waals surface area contributed by atoms with Gasteiger partial charge in [-0.3, -0.25) is 0 Å². The smallest absolute Gasteiger partial charge is 0.0685 e. The zero-order chi connectivity index (χ0) is 11.6. The normalized spacial score (nSPS) is 32.8. The average molecular weight is 225 g/mol. The Hall–Kier alpha value is -0.0800. The van der Waals surface area contributed by atoms with Gasteiger partial charge in [0.25, 0.3) is 0 Å². The van der Waals surface area contributed by atoms with Gasteiger partial charge in [-0.15, -0.1) is 0 Å². The van der Waals surface area contributed by atoms with Gasteiger partial charge < -0.3 is 10.5 Å². The second kappa shape index (κ2) is 5.05. The molecule has 3 unspecified atom stereocenters. The van der Waals surface area contributed by atoms with Crippen LogP contribution in [-0.4, -0.2) is 18.2 Å². The molecule has 0 bridgehead atoms. The van der Waals surface area contributed by atoms with Crippen LogP contribution in [-0.2, 0) is 4.74 Å². The SMILES string of the molecule is CC(N)CC(C)C1CCOC2(CCCC2)C1. The van der Waals surface area contributed by atoms with Crippen LogP contribution in [0.2, 0.25) is 0 Å². The largest absolute Gasteiger partial charge is 0.375 e. The van der Waals surface area contributed by atoms with Gasteiger partial charge in [0.15, 0.2) is 0 Å². The molecule has 16 heavy (non-hydrogen) atoms. The fourth-order valence-electron chi connectivity index (χ4n) is 3.70. The summed E-state index contributed by atoms with van der Waals surface area (Å²) in [4.78, 5) is 0. The van der Waals surface area contributed by atoms with Crippen LogP contribution in [0, 0.1) is 11.8 Å². The van der Waals surface area contributed by atoms with Crippen LogP contribution in [0.15, 0.2) is 0 Å². The Morgan fingerprint density at radius 2 is 2.00 bits per heavy atom. The van der Waals surface area contributed by atoms with Crippen LogP contribution in [0.5, 0.6) is 0 Å². The average Bonchev–Trinajstić information content (AvgIpc) is 2.65. The number of hydrogen-bond donors (Lipinski definition) is 1. The Kier molecular flexibility index (Phi) is 3.91. The minimum Gasteiger partial charge on any atom is -0.375 e. The fraction of sp³-hybridized carbons (Fsp3) is 1.00. The molecule has 0 aromatic carbocycles. The zero-order valence-electron chi connectivity index (χ0n) is 10.9. The molecule has 1 aliphatic carbocycles. The van der Waals surface area contributed by atoms with Gasteiger partial charge >= 0.3 is 0 Å². The predicted octanol–water partition coefficient (Wildman–Crippen LogP) is 3.10. The minimum atomic E-state index is 0.273. The molecular weight excluding hydrogens is 198 g/mol. The lowest BCUT2D eigenvalue weighted by atomic mass is 9.76. The molecule has 1 aliphatic heterocycles. The van der Waals surface area contributed by atoms with E-state index in [2.05, 4.69) is 13.8 Å². The molecule has 1 heterocycles. The molecular formula is C14H27NO. The van der Waals surface area contributed by atoms with E-state index >= 15 is 0 Å². The molecule has 0 amide bonds. The third-order valence-electron chi connectivity index (χ3n) is 4.59. The maximum Gasteiger partial charge on any atom is 0.0685 e. The van der Waals surface area contributed by atoms with Crippen molar-refractivity contribution >= 4 is 0 Å². The first kappa shape index (κ1) is 12.4. The van der Waals surface area contributed by atoms with Gasteiger partial charge in [0, 0.05) is 12.6 Å². The minimum absolute atomic E-state index is 0.273. The lowest BCUT2D eigenvalue weighted by Crippen LogP contribution is -2.39. The summed E-state index contributed by atoms with van der Waals surface area (Å²) in [6.45, 7) is 5.48. The number of nitrogens with two attached hydrogens (primary N) is 1. The molecule has 2 fully saturated rings. The second-order valence-corrected chi connectivity index (χ2v) is 6.18. The number of hydrogen-bond acceptors (Lipinski definition) is 2. The second-order valence-electron chi connectivity index (χ2n) is 6.18. The Labute approximate surface area is 99.9 Å². The van der Waals surface area contributed by atoms with Gasteiger partial charge in [0.1, 0.15) is 0 Å². The topological polar surface area (TPSA) is 35.2 Å². The fourth-order valence-corrected chi connectivity index (χ4v) is 3.70. The maximum atomic E-state index is 6.08. The summed E-state index contributed by atoms with van der Waals surface area (Å²) in [6, 6.07) is 0.345. The summed E-state index contributed by atoms with van der Waals surface area (Å²) in [5.41, 5.74) is 6.19. The third kappa shape index (κ3) is 2.78. The van der Waals surface area contributed by atoms with E-state index in [1.807, 2.05) is 0 Å². The lowest BCUT2D eigenvalue weighted by molar-refractivity contribution is -0.101. The van der Waals surface area contributed by atoms with E-state index in [1.165, 1.54) is 44.9 Å². The molecule has 2 N–H and O–H groups in total. The van der Waals surface area contributed by atoms with E-state index in [0.717, 1.165) is 18.4 Å². The summed E-state index contributed by atoms with van der Waals surface area (Å²) in [5.74, 6) is 1.61. The molecule has 0 aromatic rings. The van der Waals surface area contributed by atoms with Crippen molar-refractivity contribution in [2.24, 2.45) is 17.6 Å². The third-order valence-corrected chi connectivity index (χ3v) is 4.59. The highest BCUT2D eigenvalue weighted by Crippen LogP contribution is 2.44. The van der Waals surface area contributed by atoms with E-state index in [0.29, 0.717) is 6.04 Å². The van der Waals surface area contributed by atoms with Gasteiger partial charge in [-0.1, -0.05) is 19.8 Å². The molecule has 0 radical (unpaired) electrons. The first-order valence-corrected chi connectivity index (χ1v) is 7.01. The molecule has 1 saturated heterocycles. The zero-order valence-corrected chi connectivity index (χ0v) is 10.9. The summed E-state index contributed by atoms with van der Waals surface area (Å²) < 4.78 is 6.08. The van der Waals surface area contributed by atoms with Crippen molar-refractivity contribution in [2.75, 3.05) is 6.61 Å². The Morgan fingerprint density at radius 1 is 1.31 bits per heavy atom. The van der Waals surface area contributed by atoms with Crippen LogP contribution < -0.4 is 5.73 Å². The quantitative estimate of drug-likeness (QED) is 0.801. The highest BCUT2D eigenvalue weighted by molar-refractivity contribution is 4.92. The van der Waals surface area contributed by atoms with Crippen molar-refractivity contribution in [3.05, 3.63) is 0 Å². The highest BCUT2D eigenvalue weighted by Gasteiger charge is 2.41. The summed E-state index contributed by atoms with van der Waals surface area (Å²) in [5, 5.41) is 0. The van der Waals surface area contributed by atoms with E-state index in [9.17, 15) is 0 Å². The highest BCUT2D eigenvalue weighted by atomic mass is 16.5. The Bertz CT molecular complexity index is 221. The summed E-state index contributed by atoms with van der Waals surface area (Å²) in [6.07, 6.45) is 9.04. The molecule has 2 aliphatic rings. The molecule has 2 rings (SSSR count). The van der Waals surface area contributed by atoms with E-state index in [4.69, 9.17) is 10.5 Å². The van der Waals surface area contributed by atoms with Crippen molar-refractivity contribution in [1.82, 2.24) is 0 Å². The van der Waals surface area contributed by atoms with Crippen molar-refractivity contribution in [3.8, 4) is 0 Å². The van der Waals surface area contributed by atoms with Crippen LogP contribution >= 0.6 is 0 Å². The van der Waals surface area contributed by atoms with Crippen LogP contribution in [0.1, 0.15) is 58.8 Å². The van der Waals surface area contributed by atoms with Crippen LogP contribution in [0.25, 0.3) is 0 Å². The summed E-state index contributed by atoms with van der Waals surface area (Å²) in [7, 11) is 0. The van der Waals surface area contributed by atoms with Gasteiger partial charge in [-0.25, -0.2) is 0 Å². The molecule has 3 atom stereocenters. The number of rotatable bonds is 3. The predicted molar refractivity (Wildman–Crippen MR) is 67.3 cm³/mol.